The van der Waals surface area contributed by atoms with Crippen molar-refractivity contribution in [2.24, 2.45) is 0 Å². The Balaban J connectivity index is 1.94. The number of hydrogen-bond donors (Lipinski definition) is 3. The van der Waals surface area contributed by atoms with E-state index < -0.39 is 18.2 Å². The summed E-state index contributed by atoms with van der Waals surface area (Å²) < 4.78 is 18.0. The summed E-state index contributed by atoms with van der Waals surface area (Å²) >= 11 is 0. The number of hydrogen-bond acceptors (Lipinski definition) is 3. The number of urea groups is 1. The molecule has 0 aromatic heterocycles. The largest absolute Gasteiger partial charge is 0.497 e. The summed E-state index contributed by atoms with van der Waals surface area (Å²) in [7, 11) is 1.54. The number of methoxy groups -OCH3 is 1. The minimum Gasteiger partial charge on any atom is -0.497 e. The highest BCUT2D eigenvalue weighted by Gasteiger charge is 2.18. The minimum absolute atomic E-state index is 0.377. The van der Waals surface area contributed by atoms with Crippen LogP contribution in [0.1, 0.15) is 18.6 Å². The van der Waals surface area contributed by atoms with Gasteiger partial charge in [-0.25, -0.2) is 9.18 Å². The van der Waals surface area contributed by atoms with Crippen LogP contribution < -0.4 is 15.4 Å². The monoisotopic (exact) mass is 318 g/mol. The second-order valence-corrected chi connectivity index (χ2v) is 5.12. The number of aliphatic hydroxyl groups excluding tert-OH is 1. The molecule has 0 fully saturated rings. The average molecular weight is 318 g/mol. The van der Waals surface area contributed by atoms with Crippen molar-refractivity contribution in [3.05, 3.63) is 59.9 Å². The predicted molar refractivity (Wildman–Crippen MR) is 86.0 cm³/mol. The fraction of sp³-hybridized carbons (Fsp3) is 0.235. The van der Waals surface area contributed by atoms with E-state index in [1.807, 2.05) is 0 Å². The molecule has 3 N–H and O–H groups in total. The van der Waals surface area contributed by atoms with Crippen molar-refractivity contribution in [3.8, 4) is 5.75 Å². The normalized spacial score (nSPS) is 13.0. The molecule has 0 saturated heterocycles. The zero-order chi connectivity index (χ0) is 16.8. The molecular weight excluding hydrogens is 299 g/mol. The summed E-state index contributed by atoms with van der Waals surface area (Å²) in [5.74, 6) is 0.250. The van der Waals surface area contributed by atoms with Gasteiger partial charge in [-0.1, -0.05) is 18.2 Å². The second kappa shape index (κ2) is 7.60. The highest BCUT2D eigenvalue weighted by atomic mass is 19.1. The van der Waals surface area contributed by atoms with Gasteiger partial charge in [-0.3, -0.25) is 0 Å². The summed E-state index contributed by atoms with van der Waals surface area (Å²) in [5, 5.41) is 15.5. The van der Waals surface area contributed by atoms with Crippen molar-refractivity contribution < 1.29 is 19.0 Å². The molecule has 2 aromatic carbocycles. The predicted octanol–water partition coefficient (Wildman–Crippen LogP) is 3.08. The van der Waals surface area contributed by atoms with Crippen LogP contribution in [0.25, 0.3) is 0 Å². The van der Waals surface area contributed by atoms with Crippen LogP contribution >= 0.6 is 0 Å². The van der Waals surface area contributed by atoms with Gasteiger partial charge in [-0.05, 0) is 36.8 Å². The first-order valence-electron chi connectivity index (χ1n) is 7.14. The molecule has 122 valence electrons. The van der Waals surface area contributed by atoms with E-state index >= 15 is 0 Å². The van der Waals surface area contributed by atoms with Crippen LogP contribution in [0.2, 0.25) is 0 Å². The first kappa shape index (κ1) is 16.8. The molecule has 0 aliphatic carbocycles. The third-order valence-corrected chi connectivity index (χ3v) is 3.37. The molecule has 6 heteroatoms. The van der Waals surface area contributed by atoms with Crippen molar-refractivity contribution in [3.63, 3.8) is 0 Å². The zero-order valence-electron chi connectivity index (χ0n) is 12.9. The van der Waals surface area contributed by atoms with Crippen molar-refractivity contribution >= 4 is 11.7 Å². The topological polar surface area (TPSA) is 70.6 Å². The van der Waals surface area contributed by atoms with Crippen molar-refractivity contribution in [2.75, 3.05) is 12.4 Å². The Morgan fingerprint density at radius 2 is 1.91 bits per heavy atom. The Morgan fingerprint density at radius 1 is 1.22 bits per heavy atom. The molecule has 5 nitrogen and oxygen atoms in total. The van der Waals surface area contributed by atoms with Gasteiger partial charge in [-0.2, -0.15) is 0 Å². The van der Waals surface area contributed by atoms with E-state index in [4.69, 9.17) is 4.74 Å². The lowest BCUT2D eigenvalue weighted by Gasteiger charge is -2.21. The number of halogens is 1. The van der Waals surface area contributed by atoms with Gasteiger partial charge in [0.25, 0.3) is 0 Å². The second-order valence-electron chi connectivity index (χ2n) is 5.12. The molecule has 2 atom stereocenters. The Bertz CT molecular complexity index is 661. The third kappa shape index (κ3) is 4.69. The van der Waals surface area contributed by atoms with Gasteiger partial charge in [0, 0.05) is 11.8 Å². The molecule has 0 heterocycles. The van der Waals surface area contributed by atoms with Gasteiger partial charge in [0.15, 0.2) is 0 Å². The van der Waals surface area contributed by atoms with E-state index in [1.54, 1.807) is 38.3 Å². The fourth-order valence-electron chi connectivity index (χ4n) is 2.10. The number of benzene rings is 2. The van der Waals surface area contributed by atoms with Crippen molar-refractivity contribution in [1.29, 1.82) is 0 Å². The number of aliphatic hydroxyl groups is 1. The number of rotatable bonds is 5. The maximum atomic E-state index is 12.9. The maximum absolute atomic E-state index is 12.9. The molecule has 0 aliphatic rings. The standard InChI is InChI=1S/C17H19FN2O3/c1-11(16(21)12-6-8-13(18)9-7-12)19-17(22)20-14-4-3-5-15(10-14)23-2/h3-11,16,21H,1-2H3,(H2,19,20,22)/t11-,16-/m1/s1. The zero-order valence-corrected chi connectivity index (χ0v) is 12.9. The molecule has 0 radical (unpaired) electrons. The van der Waals surface area contributed by atoms with E-state index in [0.29, 0.717) is 17.0 Å². The lowest BCUT2D eigenvalue weighted by molar-refractivity contribution is 0.139. The van der Waals surface area contributed by atoms with Gasteiger partial charge in [0.05, 0.1) is 19.3 Å². The number of amides is 2. The van der Waals surface area contributed by atoms with Gasteiger partial charge in [0.2, 0.25) is 0 Å². The lowest BCUT2D eigenvalue weighted by Crippen LogP contribution is -2.39. The highest BCUT2D eigenvalue weighted by molar-refractivity contribution is 5.89. The van der Waals surface area contributed by atoms with Gasteiger partial charge >= 0.3 is 6.03 Å². The summed E-state index contributed by atoms with van der Waals surface area (Å²) in [6, 6.07) is 11.4. The summed E-state index contributed by atoms with van der Waals surface area (Å²) in [6.45, 7) is 1.67. The van der Waals surface area contributed by atoms with E-state index in [-0.39, 0.29) is 5.82 Å². The van der Waals surface area contributed by atoms with Crippen LogP contribution in [0.15, 0.2) is 48.5 Å². The summed E-state index contributed by atoms with van der Waals surface area (Å²) in [4.78, 5) is 12.0. The van der Waals surface area contributed by atoms with Crippen molar-refractivity contribution in [1.82, 2.24) is 5.32 Å². The SMILES string of the molecule is COc1cccc(NC(=O)N[C@H](C)[C@@H](O)c2ccc(F)cc2)c1. The highest BCUT2D eigenvalue weighted by Crippen LogP contribution is 2.18. The summed E-state index contributed by atoms with van der Waals surface area (Å²) in [5.41, 5.74) is 1.10. The van der Waals surface area contributed by atoms with Crippen LogP contribution in [-0.2, 0) is 0 Å². The Hall–Kier alpha value is -2.60. The number of ether oxygens (including phenoxy) is 1. The molecule has 2 amide bonds. The molecule has 0 spiro atoms. The van der Waals surface area contributed by atoms with E-state index in [2.05, 4.69) is 10.6 Å². The van der Waals surface area contributed by atoms with Gasteiger partial charge in [0.1, 0.15) is 11.6 Å². The summed E-state index contributed by atoms with van der Waals surface area (Å²) in [6.07, 6.45) is -0.938. The number of nitrogens with one attached hydrogen (secondary N) is 2. The first-order valence-corrected chi connectivity index (χ1v) is 7.14. The van der Waals surface area contributed by atoms with Gasteiger partial charge < -0.3 is 20.5 Å². The Morgan fingerprint density at radius 3 is 2.57 bits per heavy atom. The van der Waals surface area contributed by atoms with Crippen LogP contribution in [0, 0.1) is 5.82 Å². The molecule has 0 bridgehead atoms. The average Bonchev–Trinajstić information content (AvgIpc) is 2.54. The third-order valence-electron chi connectivity index (χ3n) is 3.37. The lowest BCUT2D eigenvalue weighted by atomic mass is 10.0. The van der Waals surface area contributed by atoms with Crippen LogP contribution in [0.3, 0.4) is 0 Å². The Labute approximate surface area is 134 Å². The van der Waals surface area contributed by atoms with E-state index in [0.717, 1.165) is 0 Å². The quantitative estimate of drug-likeness (QED) is 0.793. The maximum Gasteiger partial charge on any atom is 0.319 e. The van der Waals surface area contributed by atoms with Crippen LogP contribution in [0.4, 0.5) is 14.9 Å². The van der Waals surface area contributed by atoms with Crippen molar-refractivity contribution in [2.45, 2.75) is 19.1 Å². The van der Waals surface area contributed by atoms with E-state index in [1.165, 1.54) is 24.3 Å². The minimum atomic E-state index is -0.938. The molecule has 0 saturated carbocycles. The number of anilines is 1. The molecular formula is C17H19FN2O3. The van der Waals surface area contributed by atoms with Crippen LogP contribution in [0.5, 0.6) is 5.75 Å². The van der Waals surface area contributed by atoms with Gasteiger partial charge in [-0.15, -0.1) is 0 Å². The number of carbonyl (C=O) groups excluding carboxylic acids is 1. The Kier molecular flexibility index (Phi) is 5.54. The smallest absolute Gasteiger partial charge is 0.319 e. The molecule has 2 aromatic rings. The molecule has 2 rings (SSSR count). The fourth-order valence-corrected chi connectivity index (χ4v) is 2.10. The number of carbonyl (C=O) groups is 1. The molecule has 0 aliphatic heterocycles. The van der Waals surface area contributed by atoms with Crippen LogP contribution in [-0.4, -0.2) is 24.3 Å². The molecule has 23 heavy (non-hydrogen) atoms. The first-order chi connectivity index (χ1) is 11.0. The molecule has 0 unspecified atom stereocenters. The van der Waals surface area contributed by atoms with E-state index in [9.17, 15) is 14.3 Å².